The van der Waals surface area contributed by atoms with Crippen molar-refractivity contribution in [3.8, 4) is 89.3 Å². The van der Waals surface area contributed by atoms with Gasteiger partial charge in [0.05, 0.1) is 27.8 Å². The molecule has 0 bridgehead atoms. The number of nitrogens with zero attached hydrogens (tertiary/aromatic N) is 4. The lowest BCUT2D eigenvalue weighted by molar-refractivity contribution is 0.660. The molecule has 606 valence electrons. The highest BCUT2D eigenvalue weighted by molar-refractivity contribution is 6.23. The molecule has 0 spiro atoms. The zero-order valence-electron chi connectivity index (χ0n) is 71.5. The fourth-order valence-electron chi connectivity index (χ4n) is 21.0. The molecule has 25 rings (SSSR count). The summed E-state index contributed by atoms with van der Waals surface area (Å²) >= 11 is 0. The summed E-state index contributed by atoms with van der Waals surface area (Å²) in [6, 6.07) is 178. The molecule has 4 nitrogen and oxygen atoms in total. The minimum atomic E-state index is -0.218. The number of aromatic nitrogens is 2. The van der Waals surface area contributed by atoms with E-state index in [1.54, 1.807) is 0 Å². The normalized spacial score (nSPS) is 12.2. The van der Waals surface area contributed by atoms with Crippen LogP contribution in [0.3, 0.4) is 0 Å². The third kappa shape index (κ3) is 13.0. The van der Waals surface area contributed by atoms with Gasteiger partial charge < -0.3 is 18.9 Å². The molecular formula is C125H86N4. The Morgan fingerprint density at radius 3 is 0.907 bits per heavy atom. The SMILES string of the molecule is CC1(C)c2cc(-c3ccc4c(c3)c3ccccc3n4-c3ccccc3)ccc2-c2ccc(N(c3ccccc3)c3ccc(-c4c5ccccc5c(-c5ccccc5)c5ccccc45)cc3)cc21.c1ccc(-c2c3ccccc3c(-c3ccc(N(c4ccccc4)c4cccc5cc(-c6ccc7c(c6)c6ccccc6n7-c6ccccc6)ccc45)cc3)c3ccccc23)cc1. The number of hydrogen-bond donors (Lipinski definition) is 0. The lowest BCUT2D eigenvalue weighted by atomic mass is 9.81. The van der Waals surface area contributed by atoms with Crippen LogP contribution in [0.15, 0.2) is 485 Å². The second-order valence-corrected chi connectivity index (χ2v) is 34.5. The summed E-state index contributed by atoms with van der Waals surface area (Å²) in [5.41, 5.74) is 33.8. The van der Waals surface area contributed by atoms with Crippen LogP contribution in [0.4, 0.5) is 34.1 Å². The third-order valence-corrected chi connectivity index (χ3v) is 26.9. The van der Waals surface area contributed by atoms with Gasteiger partial charge in [-0.3, -0.25) is 0 Å². The number of hydrogen-bond acceptors (Lipinski definition) is 2. The molecule has 0 atom stereocenters. The number of para-hydroxylation sites is 6. The molecular weight excluding hydrogens is 1560 g/mol. The maximum Gasteiger partial charge on any atom is 0.0541 e. The fraction of sp³-hybridized carbons (Fsp3) is 0.0240. The maximum absolute atomic E-state index is 2.44. The molecule has 0 saturated carbocycles. The highest BCUT2D eigenvalue weighted by Gasteiger charge is 2.37. The van der Waals surface area contributed by atoms with Crippen molar-refractivity contribution in [2.45, 2.75) is 19.3 Å². The van der Waals surface area contributed by atoms with Crippen LogP contribution >= 0.6 is 0 Å². The van der Waals surface area contributed by atoms with E-state index in [1.807, 2.05) is 0 Å². The second-order valence-electron chi connectivity index (χ2n) is 34.5. The van der Waals surface area contributed by atoms with Crippen LogP contribution in [0, 0.1) is 0 Å². The van der Waals surface area contributed by atoms with Gasteiger partial charge >= 0.3 is 0 Å². The Kier molecular flexibility index (Phi) is 18.6. The molecule has 2 heterocycles. The standard InChI is InChI=1S/C65H46N2.C60H40N2/c1-65(2)59-41-46(45-33-39-62-58(40-45)53-24-16-17-29-61(53)67(62)48-22-10-5-11-23-48)32-37-51(59)52-38-36-50(42-60(52)65)66(47-20-8-4-9-21-47)49-34-30-44(31-35-49)64-56-27-14-12-25-54(56)63(43-18-6-3-7-19-43)55-26-13-15-28-57(55)64;1-4-17-41(18-5-1)59-51-25-10-12-27-53(51)60(54-28-13-11-26-52(54)59)42-31-35-48(36-32-42)61(46-20-6-2-7-21-46)56-30-16-19-45-39-43(33-37-49(45)56)44-34-38-58-55(40-44)50-24-14-15-29-57(50)62(58)47-22-8-3-9-23-47/h3-42H,1-2H3;1-40H. The first-order chi connectivity index (χ1) is 63.8. The fourth-order valence-corrected chi connectivity index (χ4v) is 21.0. The molecule has 0 radical (unpaired) electrons. The van der Waals surface area contributed by atoms with Gasteiger partial charge in [-0.1, -0.05) is 360 Å². The van der Waals surface area contributed by atoms with Crippen LogP contribution in [-0.4, -0.2) is 9.13 Å². The van der Waals surface area contributed by atoms with Crippen LogP contribution in [-0.2, 0) is 5.41 Å². The Labute approximate surface area is 750 Å². The average Bonchev–Trinajstić information content (AvgIpc) is 1.41. The topological polar surface area (TPSA) is 16.3 Å². The van der Waals surface area contributed by atoms with E-state index in [1.165, 1.54) is 198 Å². The summed E-state index contributed by atoms with van der Waals surface area (Å²) in [6.45, 7) is 4.78. The minimum absolute atomic E-state index is 0.218. The van der Waals surface area contributed by atoms with Gasteiger partial charge in [0.25, 0.3) is 0 Å². The lowest BCUT2D eigenvalue weighted by Gasteiger charge is -2.28. The molecule has 4 heteroatoms. The van der Waals surface area contributed by atoms with Crippen molar-refractivity contribution in [1.82, 2.24) is 9.13 Å². The molecule has 129 heavy (non-hydrogen) atoms. The van der Waals surface area contributed by atoms with Gasteiger partial charge in [0.1, 0.15) is 0 Å². The summed E-state index contributed by atoms with van der Waals surface area (Å²) in [6.07, 6.45) is 0. The summed E-state index contributed by atoms with van der Waals surface area (Å²) in [7, 11) is 0. The van der Waals surface area contributed by atoms with E-state index in [4.69, 9.17) is 0 Å². The Morgan fingerprint density at radius 1 is 0.178 bits per heavy atom. The number of anilines is 6. The third-order valence-electron chi connectivity index (χ3n) is 26.9. The van der Waals surface area contributed by atoms with Crippen LogP contribution in [0.1, 0.15) is 25.0 Å². The molecule has 0 aliphatic heterocycles. The maximum atomic E-state index is 2.44. The molecule has 2 aromatic heterocycles. The molecule has 0 unspecified atom stereocenters. The van der Waals surface area contributed by atoms with Crippen molar-refractivity contribution in [1.29, 1.82) is 0 Å². The van der Waals surface area contributed by atoms with E-state index in [9.17, 15) is 0 Å². The van der Waals surface area contributed by atoms with Crippen molar-refractivity contribution in [3.05, 3.63) is 496 Å². The molecule has 22 aromatic carbocycles. The Bertz CT molecular complexity index is 8350. The highest BCUT2D eigenvalue weighted by atomic mass is 15.1. The molecule has 24 aromatic rings. The molecule has 0 fully saturated rings. The number of fused-ring (bicyclic) bond motifs is 14. The quantitative estimate of drug-likeness (QED) is 0.101. The summed E-state index contributed by atoms with van der Waals surface area (Å²) in [5.74, 6) is 0. The number of benzene rings is 22. The van der Waals surface area contributed by atoms with Crippen LogP contribution in [0.25, 0.3) is 187 Å². The van der Waals surface area contributed by atoms with Gasteiger partial charge in [-0.25, -0.2) is 0 Å². The number of rotatable bonds is 14. The zero-order chi connectivity index (χ0) is 85.6. The zero-order valence-corrected chi connectivity index (χ0v) is 71.5. The lowest BCUT2D eigenvalue weighted by Crippen LogP contribution is -2.16. The summed E-state index contributed by atoms with van der Waals surface area (Å²) in [5, 5.41) is 17.5. The van der Waals surface area contributed by atoms with Gasteiger partial charge in [0, 0.05) is 72.2 Å². The van der Waals surface area contributed by atoms with E-state index in [-0.39, 0.29) is 5.41 Å². The molecule has 1 aliphatic rings. The predicted octanol–water partition coefficient (Wildman–Crippen LogP) is 34.6. The van der Waals surface area contributed by atoms with E-state index in [2.05, 4.69) is 518 Å². The first kappa shape index (κ1) is 76.0. The molecule has 0 saturated heterocycles. The van der Waals surface area contributed by atoms with Crippen molar-refractivity contribution >= 4 is 132 Å². The largest absolute Gasteiger partial charge is 0.310 e. The van der Waals surface area contributed by atoms with Gasteiger partial charge in [-0.15, -0.1) is 0 Å². The monoisotopic (exact) mass is 1640 g/mol. The predicted molar refractivity (Wildman–Crippen MR) is 549 cm³/mol. The average molecular weight is 1640 g/mol. The van der Waals surface area contributed by atoms with E-state index in [0.29, 0.717) is 0 Å². The van der Waals surface area contributed by atoms with Gasteiger partial charge in [-0.2, -0.15) is 0 Å². The van der Waals surface area contributed by atoms with Gasteiger partial charge in [0.2, 0.25) is 0 Å². The van der Waals surface area contributed by atoms with Crippen LogP contribution < -0.4 is 9.80 Å². The van der Waals surface area contributed by atoms with Crippen molar-refractivity contribution < 1.29 is 0 Å². The summed E-state index contributed by atoms with van der Waals surface area (Å²) < 4.78 is 4.76. The molecule has 0 N–H and O–H groups in total. The summed E-state index contributed by atoms with van der Waals surface area (Å²) in [4.78, 5) is 4.80. The van der Waals surface area contributed by atoms with Crippen molar-refractivity contribution in [2.75, 3.05) is 9.80 Å². The van der Waals surface area contributed by atoms with Crippen LogP contribution in [0.2, 0.25) is 0 Å². The van der Waals surface area contributed by atoms with E-state index < -0.39 is 0 Å². The molecule has 0 amide bonds. The second kappa shape index (κ2) is 31.5. The Hall–Kier alpha value is -16.7. The van der Waals surface area contributed by atoms with E-state index >= 15 is 0 Å². The first-order valence-electron chi connectivity index (χ1n) is 44.7. The highest BCUT2D eigenvalue weighted by Crippen LogP contribution is 2.54. The van der Waals surface area contributed by atoms with Crippen LogP contribution in [0.5, 0.6) is 0 Å². The molecule has 1 aliphatic carbocycles. The van der Waals surface area contributed by atoms with Crippen molar-refractivity contribution in [3.63, 3.8) is 0 Å². The van der Waals surface area contributed by atoms with Gasteiger partial charge in [-0.05, 0) is 277 Å². The minimum Gasteiger partial charge on any atom is -0.310 e. The van der Waals surface area contributed by atoms with E-state index in [0.717, 1.165) is 34.1 Å². The van der Waals surface area contributed by atoms with Crippen molar-refractivity contribution in [2.24, 2.45) is 0 Å². The first-order valence-corrected chi connectivity index (χ1v) is 44.7. The van der Waals surface area contributed by atoms with Gasteiger partial charge in [0.15, 0.2) is 0 Å². The smallest absolute Gasteiger partial charge is 0.0541 e. The Balaban J connectivity index is 0.000000144. The Morgan fingerprint density at radius 2 is 0.473 bits per heavy atom.